The standard InChI is InChI=1S/C21H30ClN7/c1-26-8-6-17(7-9-26)27(2)20-19(23)21(25-15-24-20)29-12-10-28(11-13-29)18-5-3-4-16(22)14-18/h3-5,14-15,17H,6-13,23H2,1-2H3. The van der Waals surface area contributed by atoms with Crippen molar-refractivity contribution in [1.29, 1.82) is 0 Å². The second-order valence-electron chi connectivity index (χ2n) is 8.03. The minimum Gasteiger partial charge on any atom is -0.393 e. The molecule has 2 N–H and O–H groups in total. The molecule has 0 spiro atoms. The number of rotatable bonds is 4. The Bertz CT molecular complexity index is 830. The second kappa shape index (κ2) is 8.63. The average Bonchev–Trinajstić information content (AvgIpc) is 2.74. The minimum atomic E-state index is 0.468. The van der Waals surface area contributed by atoms with Crippen LogP contribution in [0.3, 0.4) is 0 Å². The molecule has 1 aromatic heterocycles. The first-order chi connectivity index (χ1) is 14.0. The predicted octanol–water partition coefficient (Wildman–Crippen LogP) is 2.57. The van der Waals surface area contributed by atoms with E-state index in [-0.39, 0.29) is 0 Å². The maximum absolute atomic E-state index is 6.56. The number of piperazine rings is 1. The maximum atomic E-state index is 6.56. The molecular formula is C21H30ClN7. The van der Waals surface area contributed by atoms with Crippen molar-refractivity contribution in [2.75, 3.05) is 73.8 Å². The lowest BCUT2D eigenvalue weighted by atomic mass is 10.0. The van der Waals surface area contributed by atoms with Crippen LogP contribution in [0.2, 0.25) is 5.02 Å². The van der Waals surface area contributed by atoms with Crippen molar-refractivity contribution in [3.05, 3.63) is 35.6 Å². The van der Waals surface area contributed by atoms with Gasteiger partial charge in [-0.2, -0.15) is 0 Å². The summed E-state index contributed by atoms with van der Waals surface area (Å²) in [7, 11) is 4.28. The highest BCUT2D eigenvalue weighted by Gasteiger charge is 2.26. The Kier molecular flexibility index (Phi) is 5.96. The highest BCUT2D eigenvalue weighted by Crippen LogP contribution is 2.32. The molecule has 2 aromatic rings. The Morgan fingerprint density at radius 2 is 1.72 bits per heavy atom. The molecule has 4 rings (SSSR count). The molecule has 0 amide bonds. The summed E-state index contributed by atoms with van der Waals surface area (Å²) in [5.74, 6) is 1.70. The summed E-state index contributed by atoms with van der Waals surface area (Å²) in [6.07, 6.45) is 3.91. The predicted molar refractivity (Wildman–Crippen MR) is 121 cm³/mol. The van der Waals surface area contributed by atoms with Gasteiger partial charge in [0.05, 0.1) is 0 Å². The zero-order valence-corrected chi connectivity index (χ0v) is 18.0. The van der Waals surface area contributed by atoms with Gasteiger partial charge in [-0.15, -0.1) is 0 Å². The van der Waals surface area contributed by atoms with Gasteiger partial charge in [-0.25, -0.2) is 9.97 Å². The van der Waals surface area contributed by atoms with Crippen LogP contribution in [-0.2, 0) is 0 Å². The third-order valence-corrected chi connectivity index (χ3v) is 6.40. The first-order valence-corrected chi connectivity index (χ1v) is 10.7. The molecule has 29 heavy (non-hydrogen) atoms. The number of hydrogen-bond donors (Lipinski definition) is 1. The molecule has 2 aliphatic rings. The van der Waals surface area contributed by atoms with Gasteiger partial charge < -0.3 is 25.3 Å². The summed E-state index contributed by atoms with van der Waals surface area (Å²) in [5.41, 5.74) is 8.41. The van der Waals surface area contributed by atoms with Gasteiger partial charge in [0, 0.05) is 50.0 Å². The smallest absolute Gasteiger partial charge is 0.157 e. The van der Waals surface area contributed by atoms with E-state index in [1.54, 1.807) is 6.33 Å². The van der Waals surface area contributed by atoms with Gasteiger partial charge in [-0.05, 0) is 51.2 Å². The second-order valence-corrected chi connectivity index (χ2v) is 8.47. The number of nitrogens with two attached hydrogens (primary N) is 1. The van der Waals surface area contributed by atoms with Crippen molar-refractivity contribution in [2.24, 2.45) is 0 Å². The monoisotopic (exact) mass is 415 g/mol. The molecule has 0 bridgehead atoms. The molecule has 0 atom stereocenters. The summed E-state index contributed by atoms with van der Waals surface area (Å²) >= 11 is 6.15. The molecule has 2 fully saturated rings. The van der Waals surface area contributed by atoms with E-state index in [0.717, 1.165) is 74.5 Å². The Morgan fingerprint density at radius 3 is 2.41 bits per heavy atom. The third kappa shape index (κ3) is 4.36. The van der Waals surface area contributed by atoms with Crippen LogP contribution in [-0.4, -0.2) is 74.3 Å². The lowest BCUT2D eigenvalue weighted by Crippen LogP contribution is -2.47. The van der Waals surface area contributed by atoms with Crippen molar-refractivity contribution in [2.45, 2.75) is 18.9 Å². The molecule has 7 nitrogen and oxygen atoms in total. The van der Waals surface area contributed by atoms with Crippen molar-refractivity contribution in [3.8, 4) is 0 Å². The molecular weight excluding hydrogens is 386 g/mol. The normalized spacial score (nSPS) is 18.9. The van der Waals surface area contributed by atoms with E-state index in [1.807, 2.05) is 18.2 Å². The number of likely N-dealkylation sites (tertiary alicyclic amines) is 1. The zero-order valence-electron chi connectivity index (χ0n) is 17.3. The van der Waals surface area contributed by atoms with Gasteiger partial charge in [-0.3, -0.25) is 0 Å². The third-order valence-electron chi connectivity index (χ3n) is 6.16. The first kappa shape index (κ1) is 20.0. The molecule has 0 unspecified atom stereocenters. The Morgan fingerprint density at radius 1 is 1.03 bits per heavy atom. The summed E-state index contributed by atoms with van der Waals surface area (Å²) in [5, 5.41) is 0.770. The molecule has 156 valence electrons. The van der Waals surface area contributed by atoms with E-state index in [9.17, 15) is 0 Å². The lowest BCUT2D eigenvalue weighted by Gasteiger charge is -2.38. The summed E-state index contributed by atoms with van der Waals surface area (Å²) in [4.78, 5) is 18.3. The fraction of sp³-hybridized carbons (Fsp3) is 0.524. The molecule has 0 aliphatic carbocycles. The fourth-order valence-electron chi connectivity index (χ4n) is 4.31. The number of nitrogens with zero attached hydrogens (tertiary/aromatic N) is 6. The zero-order chi connectivity index (χ0) is 20.4. The van der Waals surface area contributed by atoms with Crippen LogP contribution >= 0.6 is 11.6 Å². The summed E-state index contributed by atoms with van der Waals surface area (Å²) < 4.78 is 0. The van der Waals surface area contributed by atoms with Crippen LogP contribution in [0, 0.1) is 0 Å². The molecule has 1 aromatic carbocycles. The van der Waals surface area contributed by atoms with Gasteiger partial charge in [0.25, 0.3) is 0 Å². The average molecular weight is 416 g/mol. The quantitative estimate of drug-likeness (QED) is 0.823. The van der Waals surface area contributed by atoms with Gasteiger partial charge in [-0.1, -0.05) is 17.7 Å². The van der Waals surface area contributed by atoms with Crippen LogP contribution in [0.15, 0.2) is 30.6 Å². The van der Waals surface area contributed by atoms with E-state index in [1.165, 1.54) is 0 Å². The van der Waals surface area contributed by atoms with E-state index < -0.39 is 0 Å². The SMILES string of the molecule is CN1CCC(N(C)c2ncnc(N3CCN(c4cccc(Cl)c4)CC3)c2N)CC1. The molecule has 3 heterocycles. The number of hydrogen-bond acceptors (Lipinski definition) is 7. The number of aromatic nitrogens is 2. The number of halogens is 1. The van der Waals surface area contributed by atoms with Crippen LogP contribution < -0.4 is 20.4 Å². The fourth-order valence-corrected chi connectivity index (χ4v) is 4.50. The topological polar surface area (TPSA) is 64.8 Å². The highest BCUT2D eigenvalue weighted by atomic mass is 35.5. The van der Waals surface area contributed by atoms with E-state index in [2.05, 4.69) is 49.7 Å². The van der Waals surface area contributed by atoms with Crippen molar-refractivity contribution >= 4 is 34.6 Å². The number of nitrogen functional groups attached to an aromatic ring is 1. The van der Waals surface area contributed by atoms with Crippen LogP contribution in [0.25, 0.3) is 0 Å². The molecule has 0 radical (unpaired) electrons. The van der Waals surface area contributed by atoms with E-state index >= 15 is 0 Å². The number of piperidine rings is 1. The Balaban J connectivity index is 1.45. The van der Waals surface area contributed by atoms with Crippen molar-refractivity contribution in [3.63, 3.8) is 0 Å². The van der Waals surface area contributed by atoms with E-state index in [0.29, 0.717) is 11.7 Å². The summed E-state index contributed by atoms with van der Waals surface area (Å²) in [6.45, 7) is 5.76. The molecule has 2 saturated heterocycles. The molecule has 2 aliphatic heterocycles. The minimum absolute atomic E-state index is 0.468. The first-order valence-electron chi connectivity index (χ1n) is 10.3. The van der Waals surface area contributed by atoms with E-state index in [4.69, 9.17) is 17.3 Å². The van der Waals surface area contributed by atoms with Gasteiger partial charge in [0.15, 0.2) is 11.6 Å². The maximum Gasteiger partial charge on any atom is 0.157 e. The summed E-state index contributed by atoms with van der Waals surface area (Å²) in [6, 6.07) is 8.50. The van der Waals surface area contributed by atoms with Crippen molar-refractivity contribution in [1.82, 2.24) is 14.9 Å². The van der Waals surface area contributed by atoms with Gasteiger partial charge in [0.2, 0.25) is 0 Å². The van der Waals surface area contributed by atoms with Gasteiger partial charge in [0.1, 0.15) is 12.0 Å². The highest BCUT2D eigenvalue weighted by molar-refractivity contribution is 6.30. The number of anilines is 4. The Hall–Kier alpha value is -2.25. The Labute approximate surface area is 178 Å². The van der Waals surface area contributed by atoms with Crippen molar-refractivity contribution < 1.29 is 0 Å². The van der Waals surface area contributed by atoms with Crippen LogP contribution in [0.4, 0.5) is 23.0 Å². The number of benzene rings is 1. The molecule has 0 saturated carbocycles. The largest absolute Gasteiger partial charge is 0.393 e. The van der Waals surface area contributed by atoms with Crippen LogP contribution in [0.5, 0.6) is 0 Å². The molecule has 8 heteroatoms. The van der Waals surface area contributed by atoms with Gasteiger partial charge >= 0.3 is 0 Å². The lowest BCUT2D eigenvalue weighted by molar-refractivity contribution is 0.252. The van der Waals surface area contributed by atoms with Crippen LogP contribution in [0.1, 0.15) is 12.8 Å².